The molecule has 1 aromatic heterocycles. The second kappa shape index (κ2) is 10.3. The largest absolute Gasteiger partial charge is 0.490 e. The zero-order valence-corrected chi connectivity index (χ0v) is 22.6. The summed E-state index contributed by atoms with van der Waals surface area (Å²) in [6.45, 7) is 5.85. The van der Waals surface area contributed by atoms with Gasteiger partial charge in [-0.15, -0.1) is 11.3 Å². The molecular formula is C24H25Cl2N3O4S2. The van der Waals surface area contributed by atoms with E-state index in [1.54, 1.807) is 23.1 Å². The zero-order valence-electron chi connectivity index (χ0n) is 19.5. The zero-order chi connectivity index (χ0) is 25.3. The van der Waals surface area contributed by atoms with E-state index in [0.29, 0.717) is 42.0 Å². The third kappa shape index (κ3) is 5.91. The van der Waals surface area contributed by atoms with Crippen molar-refractivity contribution in [3.8, 4) is 17.0 Å². The maximum atomic E-state index is 13.4. The van der Waals surface area contributed by atoms with Gasteiger partial charge in [0.2, 0.25) is 0 Å². The number of sulfone groups is 1. The van der Waals surface area contributed by atoms with Gasteiger partial charge in [0.05, 0.1) is 27.3 Å². The Labute approximate surface area is 219 Å². The van der Waals surface area contributed by atoms with Crippen LogP contribution >= 0.6 is 34.5 Å². The second-order valence-corrected chi connectivity index (χ2v) is 12.2. The number of carbonyl (C=O) groups is 1. The van der Waals surface area contributed by atoms with Crippen LogP contribution in [0.3, 0.4) is 0 Å². The van der Waals surface area contributed by atoms with Crippen LogP contribution in [0.4, 0.5) is 5.13 Å². The summed E-state index contributed by atoms with van der Waals surface area (Å²) in [6.07, 6.45) is 0.966. The van der Waals surface area contributed by atoms with Crippen molar-refractivity contribution in [1.29, 1.82) is 0 Å². The van der Waals surface area contributed by atoms with Crippen LogP contribution in [0.1, 0.15) is 24.2 Å². The molecular weight excluding hydrogens is 529 g/mol. The molecule has 7 nitrogen and oxygen atoms in total. The highest BCUT2D eigenvalue weighted by molar-refractivity contribution is 7.90. The molecule has 0 radical (unpaired) electrons. The van der Waals surface area contributed by atoms with Crippen LogP contribution in [0.5, 0.6) is 5.75 Å². The van der Waals surface area contributed by atoms with Crippen molar-refractivity contribution in [3.63, 3.8) is 0 Å². The van der Waals surface area contributed by atoms with E-state index in [2.05, 4.69) is 4.90 Å². The SMILES string of the molecule is CC(C)Oc1ccc(S(C)(=O)=O)cc1C(=O)N1CCN(c2nc(-c3ccc(Cl)cc3Cl)cs2)CC1. The molecule has 4 rings (SSSR count). The van der Waals surface area contributed by atoms with E-state index in [0.717, 1.165) is 22.6 Å². The number of rotatable bonds is 6. The molecule has 0 unspecified atom stereocenters. The summed E-state index contributed by atoms with van der Waals surface area (Å²) in [5.74, 6) is 0.128. The number of anilines is 1. The lowest BCUT2D eigenvalue weighted by Crippen LogP contribution is -2.48. The summed E-state index contributed by atoms with van der Waals surface area (Å²) in [5, 5.41) is 3.91. The molecule has 0 atom stereocenters. The predicted molar refractivity (Wildman–Crippen MR) is 141 cm³/mol. The Kier molecular flexibility index (Phi) is 7.61. The number of halogens is 2. The number of nitrogens with zero attached hydrogens (tertiary/aromatic N) is 3. The Morgan fingerprint density at radius 2 is 1.80 bits per heavy atom. The van der Waals surface area contributed by atoms with Gasteiger partial charge in [0.15, 0.2) is 15.0 Å². The fraction of sp³-hybridized carbons (Fsp3) is 0.333. The summed E-state index contributed by atoms with van der Waals surface area (Å²) in [6, 6.07) is 9.75. The monoisotopic (exact) mass is 553 g/mol. The number of carbonyl (C=O) groups excluding carboxylic acids is 1. The molecule has 0 N–H and O–H groups in total. The summed E-state index contributed by atoms with van der Waals surface area (Å²) in [5.41, 5.74) is 1.85. The standard InChI is InChI=1S/C24H25Cl2N3O4S2/c1-15(2)33-22-7-5-17(35(3,31)32)13-19(22)23(30)28-8-10-29(11-9-28)24-27-21(14-34-24)18-6-4-16(25)12-20(18)26/h4-7,12-15H,8-11H2,1-3H3. The van der Waals surface area contributed by atoms with E-state index in [4.69, 9.17) is 32.9 Å². The first-order valence-electron chi connectivity index (χ1n) is 11.0. The van der Waals surface area contributed by atoms with E-state index >= 15 is 0 Å². The first-order valence-corrected chi connectivity index (χ1v) is 14.5. The van der Waals surface area contributed by atoms with Crippen molar-refractivity contribution in [2.24, 2.45) is 0 Å². The minimum Gasteiger partial charge on any atom is -0.490 e. The number of aromatic nitrogens is 1. The van der Waals surface area contributed by atoms with Crippen LogP contribution < -0.4 is 9.64 Å². The normalized spacial score (nSPS) is 14.5. The highest BCUT2D eigenvalue weighted by atomic mass is 35.5. The quantitative estimate of drug-likeness (QED) is 0.413. The summed E-state index contributed by atoms with van der Waals surface area (Å²) in [4.78, 5) is 22.0. The molecule has 1 saturated heterocycles. The molecule has 11 heteroatoms. The number of piperazine rings is 1. The van der Waals surface area contributed by atoms with Gasteiger partial charge >= 0.3 is 0 Å². The molecule has 1 aliphatic heterocycles. The Morgan fingerprint density at radius 1 is 1.09 bits per heavy atom. The Morgan fingerprint density at radius 3 is 2.43 bits per heavy atom. The lowest BCUT2D eigenvalue weighted by Gasteiger charge is -2.35. The van der Waals surface area contributed by atoms with Crippen molar-refractivity contribution < 1.29 is 17.9 Å². The number of amides is 1. The topological polar surface area (TPSA) is 79.8 Å². The molecule has 0 saturated carbocycles. The summed E-state index contributed by atoms with van der Waals surface area (Å²) >= 11 is 13.8. The number of benzene rings is 2. The van der Waals surface area contributed by atoms with Gasteiger partial charge in [0.1, 0.15) is 5.75 Å². The molecule has 186 valence electrons. The van der Waals surface area contributed by atoms with Gasteiger partial charge in [-0.2, -0.15) is 0 Å². The number of ether oxygens (including phenoxy) is 1. The van der Waals surface area contributed by atoms with Crippen molar-refractivity contribution in [3.05, 3.63) is 57.4 Å². The van der Waals surface area contributed by atoms with Crippen molar-refractivity contribution >= 4 is 55.4 Å². The summed E-state index contributed by atoms with van der Waals surface area (Å²) in [7, 11) is -3.46. The van der Waals surface area contributed by atoms with E-state index in [9.17, 15) is 13.2 Å². The molecule has 1 fully saturated rings. The Bertz CT molecular complexity index is 1350. The van der Waals surface area contributed by atoms with Gasteiger partial charge < -0.3 is 14.5 Å². The van der Waals surface area contributed by atoms with Gasteiger partial charge in [0.25, 0.3) is 5.91 Å². The maximum Gasteiger partial charge on any atom is 0.257 e. The first-order chi connectivity index (χ1) is 16.5. The van der Waals surface area contributed by atoms with Gasteiger partial charge in [-0.3, -0.25) is 4.79 Å². The highest BCUT2D eigenvalue weighted by Crippen LogP contribution is 2.34. The molecule has 0 bridgehead atoms. The molecule has 0 aliphatic carbocycles. The number of thiazole rings is 1. The average molecular weight is 555 g/mol. The minimum atomic E-state index is -3.46. The molecule has 2 aromatic carbocycles. The van der Waals surface area contributed by atoms with E-state index in [1.165, 1.54) is 23.5 Å². The number of hydrogen-bond acceptors (Lipinski definition) is 7. The van der Waals surface area contributed by atoms with Gasteiger partial charge in [-0.1, -0.05) is 23.2 Å². The van der Waals surface area contributed by atoms with E-state index in [1.807, 2.05) is 25.3 Å². The van der Waals surface area contributed by atoms with Crippen molar-refractivity contribution in [1.82, 2.24) is 9.88 Å². The molecule has 3 aromatic rings. The highest BCUT2D eigenvalue weighted by Gasteiger charge is 2.27. The lowest BCUT2D eigenvalue weighted by atomic mass is 10.1. The van der Waals surface area contributed by atoms with Crippen LogP contribution in [0.2, 0.25) is 10.0 Å². The molecule has 35 heavy (non-hydrogen) atoms. The second-order valence-electron chi connectivity index (χ2n) is 8.52. The number of hydrogen-bond donors (Lipinski definition) is 0. The van der Waals surface area contributed by atoms with Crippen molar-refractivity contribution in [2.45, 2.75) is 24.8 Å². The molecule has 1 aliphatic rings. The average Bonchev–Trinajstić information content (AvgIpc) is 3.28. The molecule has 1 amide bonds. The van der Waals surface area contributed by atoms with Gasteiger partial charge in [-0.05, 0) is 50.2 Å². The molecule has 0 spiro atoms. The fourth-order valence-corrected chi connectivity index (χ4v) is 5.80. The van der Waals surface area contributed by atoms with E-state index < -0.39 is 9.84 Å². The lowest BCUT2D eigenvalue weighted by molar-refractivity contribution is 0.0740. The maximum absolute atomic E-state index is 13.4. The van der Waals surface area contributed by atoms with E-state index in [-0.39, 0.29) is 22.5 Å². The van der Waals surface area contributed by atoms with Crippen LogP contribution in [-0.2, 0) is 9.84 Å². The molecule has 2 heterocycles. The summed E-state index contributed by atoms with van der Waals surface area (Å²) < 4.78 is 29.9. The first kappa shape index (κ1) is 25.8. The third-order valence-electron chi connectivity index (χ3n) is 5.51. The van der Waals surface area contributed by atoms with Crippen LogP contribution in [0, 0.1) is 0 Å². The van der Waals surface area contributed by atoms with Crippen LogP contribution in [0.25, 0.3) is 11.3 Å². The van der Waals surface area contributed by atoms with Gasteiger partial charge in [-0.25, -0.2) is 13.4 Å². The fourth-order valence-electron chi connectivity index (χ4n) is 3.77. The Hall–Kier alpha value is -2.33. The minimum absolute atomic E-state index is 0.0896. The Balaban J connectivity index is 1.49. The van der Waals surface area contributed by atoms with Crippen LogP contribution in [0.15, 0.2) is 46.7 Å². The smallest absolute Gasteiger partial charge is 0.257 e. The predicted octanol–water partition coefficient (Wildman–Crippen LogP) is 5.27. The van der Waals surface area contributed by atoms with Gasteiger partial charge in [0, 0.05) is 48.4 Å². The van der Waals surface area contributed by atoms with Crippen molar-refractivity contribution in [2.75, 3.05) is 37.3 Å². The van der Waals surface area contributed by atoms with Crippen LogP contribution in [-0.4, -0.2) is 62.7 Å². The third-order valence-corrected chi connectivity index (χ3v) is 8.07.